The molecule has 0 fully saturated rings. The van der Waals surface area contributed by atoms with Crippen molar-refractivity contribution in [1.29, 1.82) is 0 Å². The number of aromatic nitrogens is 2. The molecule has 1 N–H and O–H groups in total. The van der Waals surface area contributed by atoms with E-state index in [0.29, 0.717) is 6.42 Å². The molecule has 1 aromatic rings. The maximum atomic E-state index is 11.3. The van der Waals surface area contributed by atoms with Crippen molar-refractivity contribution < 1.29 is 13.5 Å². The molecule has 0 aliphatic rings. The molecule has 0 saturated carbocycles. The van der Waals surface area contributed by atoms with E-state index in [1.807, 2.05) is 13.0 Å². The van der Waals surface area contributed by atoms with E-state index in [1.54, 1.807) is 11.7 Å². The molecule has 0 spiro atoms. The van der Waals surface area contributed by atoms with Gasteiger partial charge in [-0.15, -0.1) is 0 Å². The molecule has 1 aromatic heterocycles. The first-order valence-corrected chi connectivity index (χ1v) is 7.03. The van der Waals surface area contributed by atoms with Gasteiger partial charge < -0.3 is 5.11 Å². The number of aryl methyl sites for hydroxylation is 2. The Balaban J connectivity index is 2.79. The third kappa shape index (κ3) is 3.05. The summed E-state index contributed by atoms with van der Waals surface area (Å²) >= 11 is 0. The van der Waals surface area contributed by atoms with E-state index >= 15 is 0 Å². The second-order valence-electron chi connectivity index (χ2n) is 4.21. The summed E-state index contributed by atoms with van der Waals surface area (Å²) in [7, 11) is -1.43. The van der Waals surface area contributed by atoms with Gasteiger partial charge in [0.2, 0.25) is 0 Å². The van der Waals surface area contributed by atoms with Gasteiger partial charge in [-0.2, -0.15) is 5.10 Å². The average Bonchev–Trinajstić information content (AvgIpc) is 2.42. The van der Waals surface area contributed by atoms with Gasteiger partial charge >= 0.3 is 0 Å². The van der Waals surface area contributed by atoms with Gasteiger partial charge in [0.25, 0.3) is 0 Å². The van der Waals surface area contributed by atoms with Crippen molar-refractivity contribution in [3.8, 4) is 0 Å². The Morgan fingerprint density at radius 3 is 2.50 bits per heavy atom. The molecule has 5 nitrogen and oxygen atoms in total. The van der Waals surface area contributed by atoms with Gasteiger partial charge in [-0.25, -0.2) is 8.42 Å². The molecular weight excluding hydrogens is 228 g/mol. The minimum Gasteiger partial charge on any atom is -0.391 e. The Labute approximate surface area is 96.0 Å². The lowest BCUT2D eigenvalue weighted by Crippen LogP contribution is -2.32. The van der Waals surface area contributed by atoms with Crippen molar-refractivity contribution >= 4 is 9.84 Å². The standard InChI is InChI=1S/C10H18N2O3S/c1-7-5-9(12(3)11-7)6-10(13)8(2)16(4,14)15/h5,8,10,13H,6H2,1-4H3. The summed E-state index contributed by atoms with van der Waals surface area (Å²) in [6.07, 6.45) is 0.533. The van der Waals surface area contributed by atoms with Crippen molar-refractivity contribution in [2.45, 2.75) is 31.6 Å². The number of nitrogens with zero attached hydrogens (tertiary/aromatic N) is 2. The summed E-state index contributed by atoms with van der Waals surface area (Å²) in [5.74, 6) is 0. The fraction of sp³-hybridized carbons (Fsp3) is 0.700. The molecule has 0 radical (unpaired) electrons. The number of aliphatic hydroxyl groups excluding tert-OH is 1. The number of aliphatic hydroxyl groups is 1. The van der Waals surface area contributed by atoms with E-state index in [9.17, 15) is 13.5 Å². The summed E-state index contributed by atoms with van der Waals surface area (Å²) in [5, 5.41) is 13.2. The first-order valence-electron chi connectivity index (χ1n) is 5.08. The molecule has 2 unspecified atom stereocenters. The average molecular weight is 246 g/mol. The van der Waals surface area contributed by atoms with E-state index < -0.39 is 21.2 Å². The normalized spacial score (nSPS) is 16.1. The maximum Gasteiger partial charge on any atom is 0.152 e. The van der Waals surface area contributed by atoms with Crippen molar-refractivity contribution in [3.63, 3.8) is 0 Å². The Morgan fingerprint density at radius 1 is 1.56 bits per heavy atom. The number of hydrogen-bond acceptors (Lipinski definition) is 4. The highest BCUT2D eigenvalue weighted by Crippen LogP contribution is 2.11. The third-order valence-corrected chi connectivity index (χ3v) is 4.40. The lowest BCUT2D eigenvalue weighted by Gasteiger charge is -2.16. The lowest BCUT2D eigenvalue weighted by molar-refractivity contribution is 0.171. The minimum absolute atomic E-state index is 0.297. The smallest absolute Gasteiger partial charge is 0.152 e. The monoisotopic (exact) mass is 246 g/mol. The molecule has 0 aromatic carbocycles. The Morgan fingerprint density at radius 2 is 2.12 bits per heavy atom. The molecule has 2 atom stereocenters. The van der Waals surface area contributed by atoms with Crippen LogP contribution in [0.3, 0.4) is 0 Å². The summed E-state index contributed by atoms with van der Waals surface area (Å²) in [6, 6.07) is 1.85. The molecule has 0 bridgehead atoms. The number of sulfone groups is 1. The van der Waals surface area contributed by atoms with Crippen LogP contribution in [-0.2, 0) is 23.3 Å². The predicted molar refractivity (Wildman–Crippen MR) is 62.0 cm³/mol. The highest BCUT2D eigenvalue weighted by molar-refractivity contribution is 7.91. The zero-order valence-electron chi connectivity index (χ0n) is 10.0. The third-order valence-electron chi connectivity index (χ3n) is 2.73. The highest BCUT2D eigenvalue weighted by atomic mass is 32.2. The van der Waals surface area contributed by atoms with Crippen LogP contribution in [0.15, 0.2) is 6.07 Å². The van der Waals surface area contributed by atoms with Crippen LogP contribution >= 0.6 is 0 Å². The van der Waals surface area contributed by atoms with Gasteiger partial charge in [-0.1, -0.05) is 0 Å². The van der Waals surface area contributed by atoms with Crippen LogP contribution in [0.5, 0.6) is 0 Å². The highest BCUT2D eigenvalue weighted by Gasteiger charge is 2.25. The van der Waals surface area contributed by atoms with Gasteiger partial charge in [0.15, 0.2) is 9.84 Å². The van der Waals surface area contributed by atoms with Crippen LogP contribution in [0.25, 0.3) is 0 Å². The first kappa shape index (κ1) is 13.2. The minimum atomic E-state index is -3.21. The van der Waals surface area contributed by atoms with Crippen LogP contribution in [0.4, 0.5) is 0 Å². The van der Waals surface area contributed by atoms with Gasteiger partial charge in [-0.05, 0) is 19.9 Å². The van der Waals surface area contributed by atoms with Crippen LogP contribution in [0, 0.1) is 6.92 Å². The molecule has 16 heavy (non-hydrogen) atoms. The zero-order chi connectivity index (χ0) is 12.5. The van der Waals surface area contributed by atoms with Crippen LogP contribution < -0.4 is 0 Å². The van der Waals surface area contributed by atoms with Crippen LogP contribution in [-0.4, -0.2) is 40.9 Å². The lowest BCUT2D eigenvalue weighted by atomic mass is 10.1. The van der Waals surface area contributed by atoms with Gasteiger partial charge in [0.1, 0.15) is 0 Å². The second-order valence-corrected chi connectivity index (χ2v) is 6.61. The van der Waals surface area contributed by atoms with E-state index in [0.717, 1.165) is 17.6 Å². The summed E-state index contributed by atoms with van der Waals surface area (Å²) in [4.78, 5) is 0. The Kier molecular flexibility index (Phi) is 3.75. The fourth-order valence-corrected chi connectivity index (χ4v) is 2.19. The molecular formula is C10H18N2O3S. The second kappa shape index (κ2) is 4.55. The first-order chi connectivity index (χ1) is 7.21. The Hall–Kier alpha value is -0.880. The van der Waals surface area contributed by atoms with Crippen molar-refractivity contribution in [1.82, 2.24) is 9.78 Å². The predicted octanol–water partition coefficient (Wildman–Crippen LogP) is 0.0650. The molecule has 0 aliphatic carbocycles. The van der Waals surface area contributed by atoms with Gasteiger partial charge in [0, 0.05) is 25.4 Å². The fourth-order valence-electron chi connectivity index (χ4n) is 1.52. The summed E-state index contributed by atoms with van der Waals surface area (Å²) < 4.78 is 24.2. The molecule has 1 rings (SSSR count). The van der Waals surface area contributed by atoms with E-state index in [4.69, 9.17) is 0 Å². The van der Waals surface area contributed by atoms with Gasteiger partial charge in [-0.3, -0.25) is 4.68 Å². The molecule has 1 heterocycles. The quantitative estimate of drug-likeness (QED) is 0.815. The van der Waals surface area contributed by atoms with E-state index in [-0.39, 0.29) is 0 Å². The molecule has 0 aliphatic heterocycles. The van der Waals surface area contributed by atoms with E-state index in [2.05, 4.69) is 5.10 Å². The van der Waals surface area contributed by atoms with Crippen molar-refractivity contribution in [3.05, 3.63) is 17.5 Å². The molecule has 92 valence electrons. The SMILES string of the molecule is Cc1cc(CC(O)C(C)S(C)(=O)=O)n(C)n1. The van der Waals surface area contributed by atoms with Crippen LogP contribution in [0.2, 0.25) is 0 Å². The van der Waals surface area contributed by atoms with Crippen LogP contribution in [0.1, 0.15) is 18.3 Å². The molecule has 0 saturated heterocycles. The topological polar surface area (TPSA) is 72.2 Å². The van der Waals surface area contributed by atoms with Gasteiger partial charge in [0.05, 0.1) is 17.0 Å². The van der Waals surface area contributed by atoms with E-state index in [1.165, 1.54) is 6.92 Å². The van der Waals surface area contributed by atoms with Crippen molar-refractivity contribution in [2.24, 2.45) is 7.05 Å². The zero-order valence-corrected chi connectivity index (χ0v) is 10.8. The summed E-state index contributed by atoms with van der Waals surface area (Å²) in [5.41, 5.74) is 1.69. The number of hydrogen-bond donors (Lipinski definition) is 1. The maximum absolute atomic E-state index is 11.3. The Bertz CT molecular complexity index is 464. The van der Waals surface area contributed by atoms with Crippen molar-refractivity contribution in [2.75, 3.05) is 6.26 Å². The number of rotatable bonds is 4. The molecule has 6 heteroatoms. The summed E-state index contributed by atoms with van der Waals surface area (Å²) in [6.45, 7) is 3.37. The molecule has 0 amide bonds. The largest absolute Gasteiger partial charge is 0.391 e.